The second-order valence-corrected chi connectivity index (χ2v) is 0.250. The van der Waals surface area contributed by atoms with Crippen LogP contribution in [-0.2, 0) is 19.5 Å². The second kappa shape index (κ2) is 8.85. The topological polar surface area (TPSA) is 96.7 Å². The van der Waals surface area contributed by atoms with E-state index >= 15 is 0 Å². The first-order valence-corrected chi connectivity index (χ1v) is 0.612. The van der Waals surface area contributed by atoms with Crippen molar-refractivity contribution >= 4 is 6.16 Å². The molecule has 0 bridgehead atoms. The molecule has 2 N–H and O–H groups in total. The first-order chi connectivity index (χ1) is 1.73. The van der Waals surface area contributed by atoms with Gasteiger partial charge in [-0.25, -0.2) is 0 Å². The van der Waals surface area contributed by atoms with E-state index in [1.807, 2.05) is 0 Å². The molecule has 0 aromatic carbocycles. The van der Waals surface area contributed by atoms with E-state index in [2.05, 4.69) is 0 Å². The normalized spacial score (nSPS) is 4.00. The monoisotopic (exact) mass is 140 g/mol. The van der Waals surface area contributed by atoms with E-state index in [0.29, 0.717) is 0 Å². The van der Waals surface area contributed by atoms with E-state index in [-0.39, 0.29) is 25.6 Å². The van der Waals surface area contributed by atoms with Gasteiger partial charge in [-0.3, -0.25) is 0 Å². The van der Waals surface area contributed by atoms with Crippen molar-refractivity contribution in [2.45, 2.75) is 0 Å². The van der Waals surface area contributed by atoms with Crippen molar-refractivity contribution in [2.24, 2.45) is 0 Å². The molecule has 0 amide bonds. The van der Waals surface area contributed by atoms with Crippen molar-refractivity contribution in [3.63, 3.8) is 0 Å². The van der Waals surface area contributed by atoms with Crippen molar-refractivity contribution in [1.29, 1.82) is 0 Å². The van der Waals surface area contributed by atoms with Crippen LogP contribution in [0.5, 0.6) is 0 Å². The van der Waals surface area contributed by atoms with Crippen LogP contribution < -0.4 is 10.2 Å². The van der Waals surface area contributed by atoms with Crippen LogP contribution in [-0.4, -0.2) is 6.16 Å². The minimum absolute atomic E-state index is 0. The van der Waals surface area contributed by atoms with Gasteiger partial charge in [0.15, 0.2) is 0 Å². The molecule has 0 aliphatic heterocycles. The van der Waals surface area contributed by atoms with Crippen molar-refractivity contribution in [2.75, 3.05) is 0 Å². The molecule has 0 unspecified atom stereocenters. The van der Waals surface area contributed by atoms with Gasteiger partial charge in [0.05, 0.1) is 0 Å². The SMILES string of the molecule is O=C([O-])[O-].[NH2-].[Zn+2]. The fraction of sp³-hybridized carbons (Fsp3) is 0. The van der Waals surface area contributed by atoms with Crippen LogP contribution in [0, 0.1) is 0 Å². The molecule has 0 aliphatic rings. The Labute approximate surface area is 47.5 Å². The van der Waals surface area contributed by atoms with E-state index in [1.165, 1.54) is 0 Å². The summed E-state index contributed by atoms with van der Waals surface area (Å²) in [5.74, 6) is 0. The molecule has 4 nitrogen and oxygen atoms in total. The Bertz CT molecular complexity index is 33.8. The maximum atomic E-state index is 8.33. The summed E-state index contributed by atoms with van der Waals surface area (Å²) in [5, 5.41) is 16.7. The first-order valence-electron chi connectivity index (χ1n) is 0.612. The Balaban J connectivity index is -0.0000000450. The summed E-state index contributed by atoms with van der Waals surface area (Å²) in [5.41, 5.74) is 0. The van der Waals surface area contributed by atoms with Crippen molar-refractivity contribution < 1.29 is 34.5 Å². The molecule has 0 fully saturated rings. The van der Waals surface area contributed by atoms with Crippen LogP contribution in [0.25, 0.3) is 6.15 Å². The van der Waals surface area contributed by atoms with E-state index in [0.717, 1.165) is 0 Å². The number of hydrogen-bond acceptors (Lipinski definition) is 3. The molecule has 0 saturated heterocycles. The molecule has 0 aromatic rings. The molecule has 0 radical (unpaired) electrons. The van der Waals surface area contributed by atoms with Gasteiger partial charge in [0.25, 0.3) is 0 Å². The van der Waals surface area contributed by atoms with Gasteiger partial charge in [0.2, 0.25) is 0 Å². The van der Waals surface area contributed by atoms with Gasteiger partial charge in [0.1, 0.15) is 0 Å². The minimum atomic E-state index is -2.33. The smallest absolute Gasteiger partial charge is 0.693 e. The first kappa shape index (κ1) is 16.9. The fourth-order valence-electron chi connectivity index (χ4n) is 0. The third-order valence-corrected chi connectivity index (χ3v) is 0. The van der Waals surface area contributed by atoms with Gasteiger partial charge >= 0.3 is 19.5 Å². The predicted octanol–water partition coefficient (Wildman–Crippen LogP) is -1.73. The molecular formula is CH2NO3Zn-. The van der Waals surface area contributed by atoms with Crippen LogP contribution in [0.15, 0.2) is 0 Å². The Morgan fingerprint density at radius 1 is 1.33 bits per heavy atom. The average molecular weight is 141 g/mol. The standard InChI is InChI=1S/CH2O3.H2N.Zn/c2-1(3)4;;/h(H2,2,3,4);1H2;/q;-1;+2/p-2. The molecule has 0 saturated carbocycles. The molecule has 0 rings (SSSR count). The molecule has 5 heteroatoms. The Morgan fingerprint density at radius 3 is 1.33 bits per heavy atom. The maximum Gasteiger partial charge on any atom is 2.00 e. The van der Waals surface area contributed by atoms with Crippen LogP contribution in [0.1, 0.15) is 0 Å². The van der Waals surface area contributed by atoms with E-state index in [9.17, 15) is 0 Å². The fourth-order valence-corrected chi connectivity index (χ4v) is 0. The summed E-state index contributed by atoms with van der Waals surface area (Å²) in [6, 6.07) is 0. The largest absolute Gasteiger partial charge is 2.00 e. The Kier molecular flexibility index (Phi) is 25.0. The Hall–Kier alpha value is -0.147. The van der Waals surface area contributed by atoms with Gasteiger partial charge in [-0.05, 0) is 6.16 Å². The van der Waals surface area contributed by atoms with Gasteiger partial charge in [-0.1, -0.05) is 0 Å². The zero-order valence-corrected chi connectivity index (χ0v) is 5.98. The number of carbonyl (C=O) groups excluding carboxylic acids is 1. The zero-order chi connectivity index (χ0) is 3.58. The van der Waals surface area contributed by atoms with Gasteiger partial charge in [0, 0.05) is 0 Å². The minimum Gasteiger partial charge on any atom is -0.693 e. The number of rotatable bonds is 0. The third-order valence-electron chi connectivity index (χ3n) is 0. The quantitative estimate of drug-likeness (QED) is 0.375. The molecular weight excluding hydrogens is 139 g/mol. The number of hydrogen-bond donors (Lipinski definition) is 0. The van der Waals surface area contributed by atoms with Crippen LogP contribution in [0.4, 0.5) is 4.79 Å². The van der Waals surface area contributed by atoms with Crippen LogP contribution >= 0.6 is 0 Å². The summed E-state index contributed by atoms with van der Waals surface area (Å²) in [6.45, 7) is 0. The number of carboxylic acid groups (broad SMARTS) is 2. The molecule has 0 aliphatic carbocycles. The van der Waals surface area contributed by atoms with Gasteiger partial charge in [-0.15, -0.1) is 0 Å². The van der Waals surface area contributed by atoms with Crippen LogP contribution in [0.3, 0.4) is 0 Å². The third kappa shape index (κ3) is 1460. The van der Waals surface area contributed by atoms with Gasteiger partial charge in [-0.2, -0.15) is 0 Å². The van der Waals surface area contributed by atoms with Gasteiger partial charge < -0.3 is 21.2 Å². The summed E-state index contributed by atoms with van der Waals surface area (Å²) in [4.78, 5) is 8.33. The summed E-state index contributed by atoms with van der Waals surface area (Å²) in [7, 11) is 0. The number of nitrogens with two attached hydrogens (primary N) is 1. The second-order valence-electron chi connectivity index (χ2n) is 0.250. The van der Waals surface area contributed by atoms with Crippen LogP contribution in [0.2, 0.25) is 0 Å². The van der Waals surface area contributed by atoms with Crippen molar-refractivity contribution in [1.82, 2.24) is 0 Å². The van der Waals surface area contributed by atoms with E-state index < -0.39 is 6.16 Å². The predicted molar refractivity (Wildman–Crippen MR) is 10.7 cm³/mol. The van der Waals surface area contributed by atoms with Crippen molar-refractivity contribution in [3.05, 3.63) is 6.15 Å². The molecule has 0 heterocycles. The summed E-state index contributed by atoms with van der Waals surface area (Å²) >= 11 is 0. The zero-order valence-electron chi connectivity index (χ0n) is 3.01. The molecule has 0 atom stereocenters. The molecule has 6 heavy (non-hydrogen) atoms. The van der Waals surface area contributed by atoms with Crippen molar-refractivity contribution in [3.8, 4) is 0 Å². The molecule has 0 aromatic heterocycles. The number of carbonyl (C=O) groups is 1. The maximum absolute atomic E-state index is 8.33. The van der Waals surface area contributed by atoms with E-state index in [4.69, 9.17) is 15.0 Å². The Morgan fingerprint density at radius 2 is 1.33 bits per heavy atom. The summed E-state index contributed by atoms with van der Waals surface area (Å²) in [6.07, 6.45) is -2.33. The molecule has 0 spiro atoms. The average Bonchev–Trinajstić information content (AvgIpc) is 0.811. The van der Waals surface area contributed by atoms with E-state index in [1.54, 1.807) is 0 Å². The summed E-state index contributed by atoms with van der Waals surface area (Å²) < 4.78 is 0. The molecule has 32 valence electrons.